The number of rotatable bonds is 3. The first kappa shape index (κ1) is 15.7. The number of hydrogen-bond acceptors (Lipinski definition) is 3. The predicted molar refractivity (Wildman–Crippen MR) is 76.1 cm³/mol. The third kappa shape index (κ3) is 3.69. The molecule has 21 heavy (non-hydrogen) atoms. The number of halogens is 2. The van der Waals surface area contributed by atoms with Gasteiger partial charge in [-0.25, -0.2) is 14.2 Å². The third-order valence-electron chi connectivity index (χ3n) is 3.13. The zero-order valence-corrected chi connectivity index (χ0v) is 12.9. The molecule has 0 saturated carbocycles. The summed E-state index contributed by atoms with van der Waals surface area (Å²) in [5.74, 6) is -0.886. The van der Waals surface area contributed by atoms with Crippen LogP contribution in [0, 0.1) is 11.2 Å². The first-order valence-corrected chi connectivity index (χ1v) is 6.97. The molecule has 1 fully saturated rings. The largest absolute Gasteiger partial charge is 0.326 e. The van der Waals surface area contributed by atoms with Crippen LogP contribution in [0.3, 0.4) is 0 Å². The summed E-state index contributed by atoms with van der Waals surface area (Å²) in [5, 5.41) is 2.72. The summed E-state index contributed by atoms with van der Waals surface area (Å²) in [4.78, 5) is 28.9. The standard InChI is InChI=1S/C14H17ClFN3O2/c1-14(2,3)5-10-12(20)19(13(21)18-10)7-8-4-9(16)6-17-11(8)15/h4,6,10H,5,7H2,1-3H3,(H,18,21). The molecule has 0 bridgehead atoms. The topological polar surface area (TPSA) is 62.3 Å². The van der Waals surface area contributed by atoms with Gasteiger partial charge in [-0.3, -0.25) is 9.69 Å². The van der Waals surface area contributed by atoms with Gasteiger partial charge in [-0.1, -0.05) is 32.4 Å². The van der Waals surface area contributed by atoms with Crippen LogP contribution in [0.4, 0.5) is 9.18 Å². The zero-order chi connectivity index (χ0) is 15.8. The molecule has 1 aromatic heterocycles. The molecular formula is C14H17ClFN3O2. The van der Waals surface area contributed by atoms with Crippen LogP contribution < -0.4 is 5.32 Å². The van der Waals surface area contributed by atoms with Crippen LogP contribution in [0.2, 0.25) is 5.15 Å². The second-order valence-corrected chi connectivity index (χ2v) is 6.65. The number of urea groups is 1. The highest BCUT2D eigenvalue weighted by molar-refractivity contribution is 6.30. The molecule has 1 aliphatic rings. The molecule has 1 saturated heterocycles. The highest BCUT2D eigenvalue weighted by atomic mass is 35.5. The molecule has 0 radical (unpaired) electrons. The van der Waals surface area contributed by atoms with Crippen molar-refractivity contribution in [1.82, 2.24) is 15.2 Å². The fourth-order valence-corrected chi connectivity index (χ4v) is 2.39. The van der Waals surface area contributed by atoms with Crippen molar-refractivity contribution in [1.29, 1.82) is 0 Å². The van der Waals surface area contributed by atoms with Gasteiger partial charge < -0.3 is 5.32 Å². The van der Waals surface area contributed by atoms with Crippen molar-refractivity contribution in [3.8, 4) is 0 Å². The number of hydrogen-bond donors (Lipinski definition) is 1. The molecule has 0 spiro atoms. The minimum absolute atomic E-state index is 0.0799. The van der Waals surface area contributed by atoms with E-state index in [1.807, 2.05) is 20.8 Å². The molecule has 114 valence electrons. The quantitative estimate of drug-likeness (QED) is 0.689. The number of pyridine rings is 1. The fourth-order valence-electron chi connectivity index (χ4n) is 2.22. The van der Waals surface area contributed by atoms with Gasteiger partial charge in [0, 0.05) is 5.56 Å². The molecule has 7 heteroatoms. The molecule has 5 nitrogen and oxygen atoms in total. The smallest absolute Gasteiger partial charge is 0.325 e. The van der Waals surface area contributed by atoms with Gasteiger partial charge >= 0.3 is 6.03 Å². The summed E-state index contributed by atoms with van der Waals surface area (Å²) in [7, 11) is 0. The van der Waals surface area contributed by atoms with E-state index in [1.54, 1.807) is 0 Å². The van der Waals surface area contributed by atoms with E-state index in [-0.39, 0.29) is 23.0 Å². The minimum atomic E-state index is -0.562. The van der Waals surface area contributed by atoms with E-state index in [9.17, 15) is 14.0 Å². The van der Waals surface area contributed by atoms with Crippen LogP contribution in [0.5, 0.6) is 0 Å². The summed E-state index contributed by atoms with van der Waals surface area (Å²) in [5.41, 5.74) is 0.207. The van der Waals surface area contributed by atoms with Crippen LogP contribution in [-0.4, -0.2) is 27.9 Å². The zero-order valence-electron chi connectivity index (χ0n) is 12.1. The van der Waals surface area contributed by atoms with Crippen molar-refractivity contribution in [3.05, 3.63) is 28.8 Å². The molecular weight excluding hydrogens is 297 g/mol. The number of nitrogens with zero attached hydrogens (tertiary/aromatic N) is 2. The Morgan fingerprint density at radius 2 is 2.10 bits per heavy atom. The average Bonchev–Trinajstić information content (AvgIpc) is 2.59. The molecule has 1 atom stereocenters. The third-order valence-corrected chi connectivity index (χ3v) is 3.47. The lowest BCUT2D eigenvalue weighted by molar-refractivity contribution is -0.128. The van der Waals surface area contributed by atoms with Crippen LogP contribution in [0.1, 0.15) is 32.8 Å². The second-order valence-electron chi connectivity index (χ2n) is 6.29. The summed E-state index contributed by atoms with van der Waals surface area (Å²) in [6, 6.07) is 0.125. The van der Waals surface area contributed by atoms with Gasteiger partial charge in [0.25, 0.3) is 5.91 Å². The van der Waals surface area contributed by atoms with E-state index in [2.05, 4.69) is 10.3 Å². The van der Waals surface area contributed by atoms with E-state index in [0.29, 0.717) is 12.0 Å². The molecule has 1 aliphatic heterocycles. The summed E-state index contributed by atoms with van der Waals surface area (Å²) < 4.78 is 13.2. The Hall–Kier alpha value is -1.69. The number of nitrogens with one attached hydrogen (secondary N) is 1. The maximum absolute atomic E-state index is 13.2. The SMILES string of the molecule is CC(C)(C)CC1NC(=O)N(Cc2cc(F)cnc2Cl)C1=O. The Morgan fingerprint density at radius 3 is 2.71 bits per heavy atom. The molecule has 2 rings (SSSR count). The van der Waals surface area contributed by atoms with Gasteiger partial charge in [0.2, 0.25) is 0 Å². The minimum Gasteiger partial charge on any atom is -0.326 e. The number of amides is 3. The predicted octanol–water partition coefficient (Wildman–Crippen LogP) is 2.73. The van der Waals surface area contributed by atoms with E-state index >= 15 is 0 Å². The van der Waals surface area contributed by atoms with Crippen molar-refractivity contribution < 1.29 is 14.0 Å². The lowest BCUT2D eigenvalue weighted by atomic mass is 9.88. The molecule has 2 heterocycles. The Labute approximate surface area is 127 Å². The van der Waals surface area contributed by atoms with Crippen LogP contribution in [0.25, 0.3) is 0 Å². The van der Waals surface area contributed by atoms with Crippen LogP contribution in [-0.2, 0) is 11.3 Å². The number of imide groups is 1. The summed E-state index contributed by atoms with van der Waals surface area (Å²) in [6.45, 7) is 5.88. The fraction of sp³-hybridized carbons (Fsp3) is 0.500. The average molecular weight is 314 g/mol. The van der Waals surface area contributed by atoms with Crippen molar-refractivity contribution in [2.45, 2.75) is 39.8 Å². The lowest BCUT2D eigenvalue weighted by Crippen LogP contribution is -2.33. The Balaban J connectivity index is 2.15. The first-order chi connectivity index (χ1) is 9.67. The van der Waals surface area contributed by atoms with E-state index in [4.69, 9.17) is 11.6 Å². The van der Waals surface area contributed by atoms with Crippen LogP contribution in [0.15, 0.2) is 12.3 Å². The van der Waals surface area contributed by atoms with Gasteiger partial charge in [-0.05, 0) is 17.9 Å². The number of carbonyl (C=O) groups excluding carboxylic acids is 2. The van der Waals surface area contributed by atoms with E-state index < -0.39 is 17.9 Å². The number of aromatic nitrogens is 1. The highest BCUT2D eigenvalue weighted by Gasteiger charge is 2.39. The van der Waals surface area contributed by atoms with E-state index in [1.165, 1.54) is 6.07 Å². The normalized spacial score (nSPS) is 19.1. The lowest BCUT2D eigenvalue weighted by Gasteiger charge is -2.21. The van der Waals surface area contributed by atoms with Gasteiger partial charge in [0.15, 0.2) is 0 Å². The summed E-state index contributed by atoms with van der Waals surface area (Å²) in [6.07, 6.45) is 1.52. The van der Waals surface area contributed by atoms with Crippen molar-refractivity contribution in [2.24, 2.45) is 5.41 Å². The maximum atomic E-state index is 13.2. The van der Waals surface area contributed by atoms with Crippen molar-refractivity contribution >= 4 is 23.5 Å². The van der Waals surface area contributed by atoms with Gasteiger partial charge in [-0.15, -0.1) is 0 Å². The monoisotopic (exact) mass is 313 g/mol. The number of carbonyl (C=O) groups is 2. The van der Waals surface area contributed by atoms with Gasteiger partial charge in [0.1, 0.15) is 17.0 Å². The first-order valence-electron chi connectivity index (χ1n) is 6.59. The van der Waals surface area contributed by atoms with Crippen molar-refractivity contribution in [2.75, 3.05) is 0 Å². The van der Waals surface area contributed by atoms with Gasteiger partial charge in [-0.2, -0.15) is 0 Å². The Kier molecular flexibility index (Phi) is 4.18. The molecule has 0 aromatic carbocycles. The van der Waals surface area contributed by atoms with Gasteiger partial charge in [0.05, 0.1) is 12.7 Å². The molecule has 1 aromatic rings. The molecule has 3 amide bonds. The van der Waals surface area contributed by atoms with Crippen LogP contribution >= 0.6 is 11.6 Å². The molecule has 1 unspecified atom stereocenters. The van der Waals surface area contributed by atoms with E-state index in [0.717, 1.165) is 11.1 Å². The maximum Gasteiger partial charge on any atom is 0.325 e. The highest BCUT2D eigenvalue weighted by Crippen LogP contribution is 2.25. The van der Waals surface area contributed by atoms with Crippen molar-refractivity contribution in [3.63, 3.8) is 0 Å². The Morgan fingerprint density at radius 1 is 1.43 bits per heavy atom. The molecule has 1 N–H and O–H groups in total. The molecule has 0 aliphatic carbocycles. The second kappa shape index (κ2) is 5.60. The summed E-state index contributed by atoms with van der Waals surface area (Å²) >= 11 is 5.87. The Bertz CT molecular complexity index is 586.